The van der Waals surface area contributed by atoms with E-state index in [-0.39, 0.29) is 0 Å². The van der Waals surface area contributed by atoms with Crippen LogP contribution in [0.5, 0.6) is 0 Å². The van der Waals surface area contributed by atoms with Crippen LogP contribution in [0.3, 0.4) is 0 Å². The number of hydrogen-bond acceptors (Lipinski definition) is 2. The van der Waals surface area contributed by atoms with Crippen molar-refractivity contribution in [1.29, 1.82) is 0 Å². The molecule has 3 rings (SSSR count). The van der Waals surface area contributed by atoms with Gasteiger partial charge in [0.05, 0.1) is 11.0 Å². The summed E-state index contributed by atoms with van der Waals surface area (Å²) in [6.45, 7) is 5.12. The van der Waals surface area contributed by atoms with Crippen molar-refractivity contribution >= 4 is 17.0 Å². The lowest BCUT2D eigenvalue weighted by Gasteiger charge is -2.31. The Morgan fingerprint density at radius 3 is 3.14 bits per heavy atom. The van der Waals surface area contributed by atoms with Crippen molar-refractivity contribution in [2.24, 2.45) is 16.6 Å². The average molecular weight is 299 g/mol. The van der Waals surface area contributed by atoms with Gasteiger partial charge in [-0.25, -0.2) is 4.98 Å². The maximum absolute atomic E-state index is 6.10. The number of hydrogen-bond donors (Lipinski definition) is 2. The van der Waals surface area contributed by atoms with Gasteiger partial charge in [-0.15, -0.1) is 0 Å². The first kappa shape index (κ1) is 14.9. The fraction of sp³-hybridized carbons (Fsp3) is 0.529. The van der Waals surface area contributed by atoms with E-state index in [4.69, 9.17) is 5.73 Å². The van der Waals surface area contributed by atoms with E-state index in [2.05, 4.69) is 32.9 Å². The number of nitrogens with two attached hydrogens (primary N) is 1. The van der Waals surface area contributed by atoms with Crippen LogP contribution in [0.1, 0.15) is 32.0 Å². The van der Waals surface area contributed by atoms with E-state index < -0.39 is 0 Å². The molecule has 1 aliphatic heterocycles. The van der Waals surface area contributed by atoms with E-state index >= 15 is 0 Å². The van der Waals surface area contributed by atoms with Gasteiger partial charge in [-0.05, 0) is 37.3 Å². The summed E-state index contributed by atoms with van der Waals surface area (Å²) in [5.41, 5.74) is 8.23. The topological polar surface area (TPSA) is 70.3 Å². The number of benzene rings is 1. The number of aromatic nitrogens is 2. The predicted octanol–water partition coefficient (Wildman–Crippen LogP) is 2.54. The SMILES string of the molecule is CC1CCCN(C(N)=NCCCc2nc3ccccc3[nH]2)C1. The zero-order valence-electron chi connectivity index (χ0n) is 13.3. The first-order chi connectivity index (χ1) is 10.7. The second-order valence-corrected chi connectivity index (χ2v) is 6.24. The Kier molecular flexibility index (Phi) is 4.61. The number of guanidine groups is 1. The summed E-state index contributed by atoms with van der Waals surface area (Å²) in [7, 11) is 0. The fourth-order valence-electron chi connectivity index (χ4n) is 3.06. The molecule has 22 heavy (non-hydrogen) atoms. The van der Waals surface area contributed by atoms with Gasteiger partial charge in [-0.1, -0.05) is 19.1 Å². The quantitative estimate of drug-likeness (QED) is 0.518. The molecule has 0 bridgehead atoms. The summed E-state index contributed by atoms with van der Waals surface area (Å²) in [6.07, 6.45) is 4.39. The number of rotatable bonds is 4. The smallest absolute Gasteiger partial charge is 0.191 e. The highest BCUT2D eigenvalue weighted by molar-refractivity contribution is 5.78. The molecule has 3 N–H and O–H groups in total. The maximum Gasteiger partial charge on any atom is 0.191 e. The molecule has 2 heterocycles. The van der Waals surface area contributed by atoms with Gasteiger partial charge in [0.15, 0.2) is 5.96 Å². The minimum Gasteiger partial charge on any atom is -0.370 e. The minimum atomic E-state index is 0.705. The second-order valence-electron chi connectivity index (χ2n) is 6.24. The van der Waals surface area contributed by atoms with Gasteiger partial charge in [-0.3, -0.25) is 4.99 Å². The number of fused-ring (bicyclic) bond motifs is 1. The van der Waals surface area contributed by atoms with Crippen molar-refractivity contribution in [2.45, 2.75) is 32.6 Å². The molecule has 118 valence electrons. The number of aliphatic imine (C=N–C) groups is 1. The predicted molar refractivity (Wildman–Crippen MR) is 90.9 cm³/mol. The molecule has 1 unspecified atom stereocenters. The molecule has 1 aromatic heterocycles. The third-order valence-electron chi connectivity index (χ3n) is 4.26. The van der Waals surface area contributed by atoms with Crippen LogP contribution in [0, 0.1) is 5.92 Å². The number of nitrogens with one attached hydrogen (secondary N) is 1. The molecule has 0 aliphatic carbocycles. The number of likely N-dealkylation sites (tertiary alicyclic amines) is 1. The van der Waals surface area contributed by atoms with Crippen molar-refractivity contribution in [3.8, 4) is 0 Å². The lowest BCUT2D eigenvalue weighted by molar-refractivity contribution is 0.270. The summed E-state index contributed by atoms with van der Waals surface area (Å²) >= 11 is 0. The largest absolute Gasteiger partial charge is 0.370 e. The molecule has 1 aliphatic rings. The second kappa shape index (κ2) is 6.81. The van der Waals surface area contributed by atoms with E-state index in [1.807, 2.05) is 18.2 Å². The summed E-state index contributed by atoms with van der Waals surface area (Å²) in [4.78, 5) is 14.7. The van der Waals surface area contributed by atoms with Gasteiger partial charge in [0.2, 0.25) is 0 Å². The van der Waals surface area contributed by atoms with E-state index in [9.17, 15) is 0 Å². The zero-order chi connectivity index (χ0) is 15.4. The van der Waals surface area contributed by atoms with Crippen LogP contribution in [0.4, 0.5) is 0 Å². The first-order valence-electron chi connectivity index (χ1n) is 8.21. The Hall–Kier alpha value is -2.04. The van der Waals surface area contributed by atoms with Crippen molar-refractivity contribution in [3.05, 3.63) is 30.1 Å². The minimum absolute atomic E-state index is 0.705. The van der Waals surface area contributed by atoms with Crippen molar-refractivity contribution in [3.63, 3.8) is 0 Å². The zero-order valence-corrected chi connectivity index (χ0v) is 13.3. The highest BCUT2D eigenvalue weighted by Gasteiger charge is 2.17. The Morgan fingerprint density at radius 1 is 1.45 bits per heavy atom. The molecule has 0 spiro atoms. The van der Waals surface area contributed by atoms with Crippen LogP contribution in [0.2, 0.25) is 0 Å². The van der Waals surface area contributed by atoms with Gasteiger partial charge in [0.1, 0.15) is 5.82 Å². The van der Waals surface area contributed by atoms with E-state index in [0.717, 1.165) is 55.3 Å². The lowest BCUT2D eigenvalue weighted by atomic mass is 10.0. The summed E-state index contributed by atoms with van der Waals surface area (Å²) in [5, 5.41) is 0. The van der Waals surface area contributed by atoms with Gasteiger partial charge in [0.25, 0.3) is 0 Å². The van der Waals surface area contributed by atoms with Gasteiger partial charge in [0, 0.05) is 26.1 Å². The lowest BCUT2D eigenvalue weighted by Crippen LogP contribution is -2.43. The molecule has 2 aromatic rings. The third kappa shape index (κ3) is 3.59. The monoisotopic (exact) mass is 299 g/mol. The van der Waals surface area contributed by atoms with Crippen LogP contribution < -0.4 is 5.73 Å². The van der Waals surface area contributed by atoms with Crippen molar-refractivity contribution in [1.82, 2.24) is 14.9 Å². The molecule has 1 aromatic carbocycles. The first-order valence-corrected chi connectivity index (χ1v) is 8.21. The fourth-order valence-corrected chi connectivity index (χ4v) is 3.06. The van der Waals surface area contributed by atoms with Crippen LogP contribution >= 0.6 is 0 Å². The van der Waals surface area contributed by atoms with Gasteiger partial charge >= 0.3 is 0 Å². The molecule has 1 atom stereocenters. The average Bonchev–Trinajstić information content (AvgIpc) is 2.94. The third-order valence-corrected chi connectivity index (χ3v) is 4.26. The van der Waals surface area contributed by atoms with Crippen LogP contribution in [-0.2, 0) is 6.42 Å². The summed E-state index contributed by atoms with van der Waals surface area (Å²) < 4.78 is 0. The van der Waals surface area contributed by atoms with E-state index in [0.29, 0.717) is 5.96 Å². The summed E-state index contributed by atoms with van der Waals surface area (Å²) in [5.74, 6) is 2.45. The van der Waals surface area contributed by atoms with Crippen molar-refractivity contribution in [2.75, 3.05) is 19.6 Å². The highest BCUT2D eigenvalue weighted by Crippen LogP contribution is 2.15. The van der Waals surface area contributed by atoms with Crippen LogP contribution in [0.25, 0.3) is 11.0 Å². The Morgan fingerprint density at radius 2 is 2.32 bits per heavy atom. The van der Waals surface area contributed by atoms with E-state index in [1.165, 1.54) is 12.8 Å². The molecular weight excluding hydrogens is 274 g/mol. The van der Waals surface area contributed by atoms with E-state index in [1.54, 1.807) is 0 Å². The number of aromatic amines is 1. The maximum atomic E-state index is 6.10. The molecule has 0 amide bonds. The Bertz CT molecular complexity index is 612. The van der Waals surface area contributed by atoms with Crippen LogP contribution in [-0.4, -0.2) is 40.5 Å². The highest BCUT2D eigenvalue weighted by atomic mass is 15.3. The number of nitrogens with zero attached hydrogens (tertiary/aromatic N) is 3. The number of piperidine rings is 1. The normalized spacial score (nSPS) is 19.8. The number of para-hydroxylation sites is 2. The standard InChI is InChI=1S/C17H25N5/c1-13-6-5-11-22(12-13)17(18)19-10-4-9-16-20-14-7-2-3-8-15(14)21-16/h2-3,7-8,13H,4-6,9-12H2,1H3,(H2,18,19)(H,20,21). The van der Waals surface area contributed by atoms with Crippen molar-refractivity contribution < 1.29 is 0 Å². The molecule has 0 saturated carbocycles. The number of H-pyrrole nitrogens is 1. The van der Waals surface area contributed by atoms with Crippen LogP contribution in [0.15, 0.2) is 29.3 Å². The molecule has 1 fully saturated rings. The number of aryl methyl sites for hydroxylation is 1. The van der Waals surface area contributed by atoms with Gasteiger partial charge < -0.3 is 15.6 Å². The molecule has 5 heteroatoms. The molecular formula is C17H25N5. The summed E-state index contributed by atoms with van der Waals surface area (Å²) in [6, 6.07) is 8.12. The number of imidazole rings is 1. The molecule has 0 radical (unpaired) electrons. The Labute approximate surface area is 131 Å². The molecule has 5 nitrogen and oxygen atoms in total. The molecule has 1 saturated heterocycles. The Balaban J connectivity index is 1.49. The van der Waals surface area contributed by atoms with Gasteiger partial charge in [-0.2, -0.15) is 0 Å².